The number of nitrogens with one attached hydrogen (secondary N) is 2. The number of anilines is 1. The highest BCUT2D eigenvalue weighted by atomic mass is 32.2. The van der Waals surface area contributed by atoms with Gasteiger partial charge in [-0.2, -0.15) is 13.2 Å². The van der Waals surface area contributed by atoms with Crippen molar-refractivity contribution in [3.05, 3.63) is 42.0 Å². The summed E-state index contributed by atoms with van der Waals surface area (Å²) in [6, 6.07) is 9.25. The summed E-state index contributed by atoms with van der Waals surface area (Å²) in [5.74, 6) is -0.160. The van der Waals surface area contributed by atoms with Crippen molar-refractivity contribution < 1.29 is 21.6 Å². The van der Waals surface area contributed by atoms with Crippen molar-refractivity contribution in [2.45, 2.75) is 11.1 Å². The summed E-state index contributed by atoms with van der Waals surface area (Å²) in [5, 5.41) is 16.2. The Labute approximate surface area is 176 Å². The van der Waals surface area contributed by atoms with Crippen LogP contribution in [0.15, 0.2) is 41.3 Å². The van der Waals surface area contributed by atoms with Crippen molar-refractivity contribution >= 4 is 15.5 Å². The second-order valence-corrected chi connectivity index (χ2v) is 9.12. The lowest BCUT2D eigenvalue weighted by molar-refractivity contribution is -0.139. The summed E-state index contributed by atoms with van der Waals surface area (Å²) in [6.45, 7) is 3.40. The molecule has 4 rings (SSSR count). The largest absolute Gasteiger partial charge is 0.417 e. The smallest absolute Gasteiger partial charge is 0.369 e. The van der Waals surface area contributed by atoms with Gasteiger partial charge in [-0.15, -0.1) is 5.10 Å². The lowest BCUT2D eigenvalue weighted by atomic mass is 9.96. The van der Waals surface area contributed by atoms with Gasteiger partial charge in [0.1, 0.15) is 0 Å². The van der Waals surface area contributed by atoms with Crippen LogP contribution < -0.4 is 10.2 Å². The van der Waals surface area contributed by atoms with Crippen molar-refractivity contribution in [2.75, 3.05) is 37.3 Å². The van der Waals surface area contributed by atoms with Crippen LogP contribution in [0.3, 0.4) is 0 Å². The summed E-state index contributed by atoms with van der Waals surface area (Å²) in [4.78, 5) is 1.33. The normalized spacial score (nSPS) is 15.3. The average molecular weight is 452 g/mol. The molecule has 2 aromatic carbocycles. The van der Waals surface area contributed by atoms with Gasteiger partial charge in [-0.3, -0.25) is 0 Å². The van der Waals surface area contributed by atoms with Crippen LogP contribution in [0.25, 0.3) is 22.5 Å². The number of alkyl halides is 3. The van der Waals surface area contributed by atoms with Gasteiger partial charge in [0, 0.05) is 43.7 Å². The van der Waals surface area contributed by atoms with Crippen LogP contribution in [0, 0.1) is 0 Å². The van der Waals surface area contributed by atoms with E-state index in [0.29, 0.717) is 5.56 Å². The first-order valence-corrected chi connectivity index (χ1v) is 11.3. The van der Waals surface area contributed by atoms with E-state index in [1.807, 2.05) is 12.1 Å². The van der Waals surface area contributed by atoms with Crippen molar-refractivity contribution in [1.82, 2.24) is 25.9 Å². The predicted molar refractivity (Wildman–Crippen MR) is 108 cm³/mol. The van der Waals surface area contributed by atoms with Gasteiger partial charge in [-0.25, -0.2) is 13.5 Å². The maximum atomic E-state index is 13.7. The maximum absolute atomic E-state index is 13.7. The highest BCUT2D eigenvalue weighted by Gasteiger charge is 2.39. The molecule has 12 heteroatoms. The van der Waals surface area contributed by atoms with E-state index in [2.05, 4.69) is 30.8 Å². The van der Waals surface area contributed by atoms with E-state index in [1.54, 1.807) is 12.1 Å². The number of sulfone groups is 1. The summed E-state index contributed by atoms with van der Waals surface area (Å²) in [7, 11) is -4.28. The molecule has 164 valence electrons. The molecular weight excluding hydrogens is 433 g/mol. The Kier molecular flexibility index (Phi) is 5.43. The van der Waals surface area contributed by atoms with Gasteiger partial charge in [0.05, 0.1) is 10.5 Å². The molecule has 31 heavy (non-hydrogen) atoms. The third-order valence-electron chi connectivity index (χ3n) is 5.08. The average Bonchev–Trinajstić information content (AvgIpc) is 3.27. The highest BCUT2D eigenvalue weighted by Crippen LogP contribution is 2.43. The number of hydrogen-bond acceptors (Lipinski definition) is 7. The minimum atomic E-state index is -4.87. The number of nitrogens with zero attached hydrogens (tertiary/aromatic N) is 4. The number of halogens is 3. The van der Waals surface area contributed by atoms with Crippen molar-refractivity contribution in [1.29, 1.82) is 0 Å². The molecule has 8 nitrogen and oxygen atoms in total. The van der Waals surface area contributed by atoms with E-state index in [1.165, 1.54) is 6.07 Å². The molecule has 1 aliphatic rings. The molecule has 0 atom stereocenters. The first kappa shape index (κ1) is 21.2. The van der Waals surface area contributed by atoms with Crippen molar-refractivity contribution in [2.24, 2.45) is 0 Å². The molecule has 1 fully saturated rings. The van der Waals surface area contributed by atoms with E-state index < -0.39 is 26.5 Å². The van der Waals surface area contributed by atoms with Gasteiger partial charge in [-0.1, -0.05) is 18.2 Å². The van der Waals surface area contributed by atoms with Crippen molar-refractivity contribution in [3.63, 3.8) is 0 Å². The zero-order valence-electron chi connectivity index (χ0n) is 16.4. The van der Waals surface area contributed by atoms with Crippen LogP contribution in [0.1, 0.15) is 5.56 Å². The fourth-order valence-electron chi connectivity index (χ4n) is 3.71. The van der Waals surface area contributed by atoms with E-state index in [-0.39, 0.29) is 17.0 Å². The molecule has 0 saturated carbocycles. The molecule has 2 heterocycles. The molecule has 0 radical (unpaired) electrons. The monoisotopic (exact) mass is 452 g/mol. The first-order chi connectivity index (χ1) is 14.7. The number of H-pyrrole nitrogens is 1. The Morgan fingerprint density at radius 3 is 2.26 bits per heavy atom. The first-order valence-electron chi connectivity index (χ1n) is 9.41. The molecule has 0 bridgehead atoms. The quantitative estimate of drug-likeness (QED) is 0.626. The zero-order valence-corrected chi connectivity index (χ0v) is 17.3. The van der Waals surface area contributed by atoms with Crippen molar-refractivity contribution in [3.8, 4) is 22.5 Å². The molecule has 0 unspecified atom stereocenters. The maximum Gasteiger partial charge on any atom is 0.417 e. The zero-order chi connectivity index (χ0) is 22.2. The van der Waals surface area contributed by atoms with Crippen LogP contribution in [0.4, 0.5) is 18.9 Å². The van der Waals surface area contributed by atoms with Crippen LogP contribution in [0.2, 0.25) is 0 Å². The van der Waals surface area contributed by atoms with Gasteiger partial charge in [0.15, 0.2) is 15.7 Å². The minimum Gasteiger partial charge on any atom is -0.369 e. The molecular formula is C19H19F3N6O2S. The standard InChI is InChI=1S/C19H19F3N6O2S/c1-31(29,30)17-15(19(20,21)22)7-6-14(16(17)18-24-26-27-25-18)12-2-4-13(5-3-12)28-10-8-23-9-11-28/h2-7,23H,8-11H2,1H3,(H,24,25,26,27). The Morgan fingerprint density at radius 2 is 1.71 bits per heavy atom. The van der Waals surface area contributed by atoms with Gasteiger partial charge < -0.3 is 10.2 Å². The van der Waals surface area contributed by atoms with Crippen LogP contribution in [-0.4, -0.2) is 61.5 Å². The number of tetrazole rings is 1. The van der Waals surface area contributed by atoms with Gasteiger partial charge >= 0.3 is 6.18 Å². The fourth-order valence-corrected chi connectivity index (χ4v) is 4.87. The van der Waals surface area contributed by atoms with Crippen LogP contribution in [0.5, 0.6) is 0 Å². The Morgan fingerprint density at radius 1 is 1.03 bits per heavy atom. The number of aromatic nitrogens is 4. The van der Waals surface area contributed by atoms with Crippen LogP contribution >= 0.6 is 0 Å². The molecule has 3 aromatic rings. The Bertz CT molecular complexity index is 1170. The lowest BCUT2D eigenvalue weighted by Gasteiger charge is -2.29. The molecule has 2 N–H and O–H groups in total. The lowest BCUT2D eigenvalue weighted by Crippen LogP contribution is -2.43. The number of hydrogen-bond donors (Lipinski definition) is 2. The molecule has 0 aliphatic carbocycles. The highest BCUT2D eigenvalue weighted by molar-refractivity contribution is 7.91. The van der Waals surface area contributed by atoms with Gasteiger partial charge in [-0.05, 0) is 39.8 Å². The Balaban J connectivity index is 1.90. The number of piperazine rings is 1. The number of aromatic amines is 1. The molecule has 0 spiro atoms. The van der Waals surface area contributed by atoms with E-state index in [4.69, 9.17) is 0 Å². The second kappa shape index (κ2) is 7.93. The SMILES string of the molecule is CS(=O)(=O)c1c(C(F)(F)F)ccc(-c2ccc(N3CCNCC3)cc2)c1-c1nnn[nH]1. The minimum absolute atomic E-state index is 0.160. The number of rotatable bonds is 4. The summed E-state index contributed by atoms with van der Waals surface area (Å²) in [6.07, 6.45) is -4.13. The summed E-state index contributed by atoms with van der Waals surface area (Å²) in [5.41, 5.74) is 0.325. The molecule has 1 saturated heterocycles. The molecule has 1 aliphatic heterocycles. The number of benzene rings is 2. The van der Waals surface area contributed by atoms with Gasteiger partial charge in [0.2, 0.25) is 0 Å². The van der Waals surface area contributed by atoms with E-state index in [0.717, 1.165) is 44.2 Å². The third kappa shape index (κ3) is 4.26. The molecule has 0 amide bonds. The summed E-state index contributed by atoms with van der Waals surface area (Å²) < 4.78 is 65.9. The predicted octanol–water partition coefficient (Wildman–Crippen LogP) is 2.37. The summed E-state index contributed by atoms with van der Waals surface area (Å²) >= 11 is 0. The topological polar surface area (TPSA) is 104 Å². The second-order valence-electron chi connectivity index (χ2n) is 7.17. The van der Waals surface area contributed by atoms with Gasteiger partial charge in [0.25, 0.3) is 0 Å². The van der Waals surface area contributed by atoms with E-state index >= 15 is 0 Å². The molecule has 1 aromatic heterocycles. The van der Waals surface area contributed by atoms with E-state index in [9.17, 15) is 21.6 Å². The van der Waals surface area contributed by atoms with Crippen LogP contribution in [-0.2, 0) is 16.0 Å². The fraction of sp³-hybridized carbons (Fsp3) is 0.316. The third-order valence-corrected chi connectivity index (χ3v) is 6.24. The Hall–Kier alpha value is -2.99.